The van der Waals surface area contributed by atoms with Crippen LogP contribution in [0.4, 0.5) is 0 Å². The number of likely N-dealkylation sites (tertiary alicyclic amines) is 1. The summed E-state index contributed by atoms with van der Waals surface area (Å²) >= 11 is 0. The quantitative estimate of drug-likeness (QED) is 0.890. The molecular formula is C20H26N4O2. The molecule has 1 unspecified atom stereocenters. The minimum Gasteiger partial charge on any atom is -0.372 e. The van der Waals surface area contributed by atoms with Crippen molar-refractivity contribution in [2.45, 2.75) is 25.0 Å². The molecule has 4 rings (SSSR count). The number of aryl methyl sites for hydroxylation is 1. The van der Waals surface area contributed by atoms with Gasteiger partial charge >= 0.3 is 0 Å². The van der Waals surface area contributed by atoms with E-state index in [0.29, 0.717) is 18.2 Å². The second-order valence-electron chi connectivity index (χ2n) is 7.61. The topological polar surface area (TPSA) is 59.4 Å². The summed E-state index contributed by atoms with van der Waals surface area (Å²) in [6.45, 7) is 4.37. The number of hydrogen-bond donors (Lipinski definition) is 1. The molecule has 0 aromatic carbocycles. The van der Waals surface area contributed by atoms with Crippen molar-refractivity contribution in [1.29, 1.82) is 0 Å². The molecule has 6 nitrogen and oxygen atoms in total. The smallest absolute Gasteiger partial charge is 0.267 e. The number of nitrogens with one attached hydrogen (secondary N) is 1. The number of nitrogens with zero attached hydrogens (tertiary/aromatic N) is 3. The molecule has 0 saturated carbocycles. The summed E-state index contributed by atoms with van der Waals surface area (Å²) in [7, 11) is 1.89. The second-order valence-corrected chi connectivity index (χ2v) is 7.61. The molecule has 2 aromatic heterocycles. The zero-order chi connectivity index (χ0) is 18.0. The molecule has 0 aliphatic carbocycles. The third-order valence-electron chi connectivity index (χ3n) is 5.54. The largest absolute Gasteiger partial charge is 0.372 e. The molecule has 138 valence electrons. The Labute approximate surface area is 154 Å². The Morgan fingerprint density at radius 1 is 1.35 bits per heavy atom. The predicted molar refractivity (Wildman–Crippen MR) is 98.7 cm³/mol. The normalized spacial score (nSPS) is 22.1. The summed E-state index contributed by atoms with van der Waals surface area (Å²) in [4.78, 5) is 18.7. The van der Waals surface area contributed by atoms with Crippen molar-refractivity contribution in [2.24, 2.45) is 13.0 Å². The third-order valence-corrected chi connectivity index (χ3v) is 5.54. The van der Waals surface area contributed by atoms with E-state index in [9.17, 15) is 4.79 Å². The highest BCUT2D eigenvalue weighted by Crippen LogP contribution is 2.36. The van der Waals surface area contributed by atoms with Gasteiger partial charge in [-0.15, -0.1) is 0 Å². The van der Waals surface area contributed by atoms with E-state index in [4.69, 9.17) is 4.74 Å². The Balaban J connectivity index is 1.19. The number of amides is 1. The number of hydrogen-bond acceptors (Lipinski definition) is 4. The Hall–Kier alpha value is -2.18. The first-order valence-electron chi connectivity index (χ1n) is 9.28. The fourth-order valence-electron chi connectivity index (χ4n) is 3.98. The third kappa shape index (κ3) is 3.66. The minimum absolute atomic E-state index is 0.00930. The highest BCUT2D eigenvalue weighted by Gasteiger charge is 2.46. The molecule has 2 aliphatic heterocycles. The zero-order valence-corrected chi connectivity index (χ0v) is 15.2. The number of pyridine rings is 1. The van der Waals surface area contributed by atoms with Crippen LogP contribution in [0.1, 0.15) is 28.9 Å². The summed E-state index contributed by atoms with van der Waals surface area (Å²) in [5.41, 5.74) is 2.03. The molecule has 0 radical (unpaired) electrons. The number of aromatic nitrogens is 2. The van der Waals surface area contributed by atoms with E-state index in [1.165, 1.54) is 5.56 Å². The van der Waals surface area contributed by atoms with Gasteiger partial charge in [-0.25, -0.2) is 0 Å². The van der Waals surface area contributed by atoms with Gasteiger partial charge in [-0.3, -0.25) is 14.7 Å². The van der Waals surface area contributed by atoms with Crippen molar-refractivity contribution in [3.8, 4) is 0 Å². The second kappa shape index (κ2) is 7.21. The van der Waals surface area contributed by atoms with Crippen LogP contribution in [0.5, 0.6) is 0 Å². The Morgan fingerprint density at radius 2 is 2.15 bits per heavy atom. The van der Waals surface area contributed by atoms with Gasteiger partial charge in [0.1, 0.15) is 5.69 Å². The van der Waals surface area contributed by atoms with E-state index >= 15 is 0 Å². The van der Waals surface area contributed by atoms with Crippen molar-refractivity contribution in [1.82, 2.24) is 19.8 Å². The van der Waals surface area contributed by atoms with E-state index in [1.807, 2.05) is 42.3 Å². The number of ether oxygens (including phenoxy) is 1. The van der Waals surface area contributed by atoms with Crippen LogP contribution in [0.15, 0.2) is 42.9 Å². The molecule has 2 fully saturated rings. The number of rotatable bonds is 5. The van der Waals surface area contributed by atoms with Gasteiger partial charge in [0.15, 0.2) is 0 Å². The van der Waals surface area contributed by atoms with Crippen molar-refractivity contribution >= 4 is 5.91 Å². The molecule has 4 heterocycles. The van der Waals surface area contributed by atoms with Crippen LogP contribution in [0, 0.1) is 5.92 Å². The highest BCUT2D eigenvalue weighted by molar-refractivity contribution is 5.92. The first-order chi connectivity index (χ1) is 12.6. The maximum atomic E-state index is 12.2. The molecule has 2 saturated heterocycles. The van der Waals surface area contributed by atoms with Crippen LogP contribution in [0.2, 0.25) is 0 Å². The lowest BCUT2D eigenvalue weighted by molar-refractivity contribution is -0.181. The van der Waals surface area contributed by atoms with E-state index in [2.05, 4.69) is 27.3 Å². The maximum Gasteiger partial charge on any atom is 0.267 e. The summed E-state index contributed by atoms with van der Waals surface area (Å²) < 4.78 is 8.06. The van der Waals surface area contributed by atoms with E-state index in [-0.39, 0.29) is 11.5 Å². The average Bonchev–Trinajstić information content (AvgIpc) is 3.06. The summed E-state index contributed by atoms with van der Waals surface area (Å²) in [6.07, 6.45) is 7.75. The fraction of sp³-hybridized carbons (Fsp3) is 0.500. The molecule has 26 heavy (non-hydrogen) atoms. The van der Waals surface area contributed by atoms with Crippen molar-refractivity contribution < 1.29 is 9.53 Å². The van der Waals surface area contributed by atoms with Crippen LogP contribution >= 0.6 is 0 Å². The molecular weight excluding hydrogens is 328 g/mol. The first-order valence-corrected chi connectivity index (χ1v) is 9.28. The monoisotopic (exact) mass is 354 g/mol. The van der Waals surface area contributed by atoms with Crippen LogP contribution < -0.4 is 5.32 Å². The van der Waals surface area contributed by atoms with Gasteiger partial charge in [0.2, 0.25) is 0 Å². The van der Waals surface area contributed by atoms with Crippen molar-refractivity contribution in [3.05, 3.63) is 54.1 Å². The first kappa shape index (κ1) is 17.2. The molecule has 2 aromatic rings. The van der Waals surface area contributed by atoms with Crippen LogP contribution in [-0.2, 0) is 18.3 Å². The molecule has 0 bridgehead atoms. The van der Waals surface area contributed by atoms with Crippen molar-refractivity contribution in [3.63, 3.8) is 0 Å². The standard InChI is InChI=1S/C20H26N4O2/c1-23-10-2-3-18(23)19(25)22-11-17-4-7-20(26-13-17)14-24(15-20)12-16-5-8-21-9-6-16/h2-3,5-6,8-10,17H,4,7,11-15H2,1H3,(H,22,25). The lowest BCUT2D eigenvalue weighted by Crippen LogP contribution is -2.64. The van der Waals surface area contributed by atoms with Crippen LogP contribution in [-0.4, -0.2) is 52.2 Å². The predicted octanol–water partition coefficient (Wildman–Crippen LogP) is 1.83. The molecule has 1 amide bonds. The minimum atomic E-state index is -0.00930. The Bertz CT molecular complexity index is 742. The van der Waals surface area contributed by atoms with Gasteiger partial charge in [0.25, 0.3) is 5.91 Å². The van der Waals surface area contributed by atoms with Crippen molar-refractivity contribution in [2.75, 3.05) is 26.2 Å². The fourth-order valence-corrected chi connectivity index (χ4v) is 3.98. The van der Waals surface area contributed by atoms with Crippen LogP contribution in [0.3, 0.4) is 0 Å². The van der Waals surface area contributed by atoms with Gasteiger partial charge in [0.05, 0.1) is 12.2 Å². The Kier molecular flexibility index (Phi) is 4.78. The molecule has 1 N–H and O–H groups in total. The Morgan fingerprint density at radius 3 is 2.81 bits per heavy atom. The van der Waals surface area contributed by atoms with Gasteiger partial charge < -0.3 is 14.6 Å². The van der Waals surface area contributed by atoms with E-state index in [0.717, 1.165) is 39.1 Å². The van der Waals surface area contributed by atoms with Gasteiger partial charge in [-0.2, -0.15) is 0 Å². The average molecular weight is 354 g/mol. The van der Waals surface area contributed by atoms with Crippen LogP contribution in [0.25, 0.3) is 0 Å². The number of carbonyl (C=O) groups is 1. The molecule has 2 aliphatic rings. The van der Waals surface area contributed by atoms with Gasteiger partial charge in [0, 0.05) is 51.8 Å². The van der Waals surface area contributed by atoms with E-state index in [1.54, 1.807) is 0 Å². The molecule has 1 atom stereocenters. The zero-order valence-electron chi connectivity index (χ0n) is 15.2. The summed E-state index contributed by atoms with van der Waals surface area (Å²) in [5.74, 6) is 0.393. The molecule has 6 heteroatoms. The highest BCUT2D eigenvalue weighted by atomic mass is 16.5. The van der Waals surface area contributed by atoms with Gasteiger partial charge in [-0.05, 0) is 48.6 Å². The molecule has 1 spiro atoms. The number of carbonyl (C=O) groups excluding carboxylic acids is 1. The SMILES string of the molecule is Cn1cccc1C(=O)NCC1CCC2(CN(Cc3ccncc3)C2)OC1. The van der Waals surface area contributed by atoms with E-state index < -0.39 is 0 Å². The summed E-state index contributed by atoms with van der Waals surface area (Å²) in [6, 6.07) is 7.86. The summed E-state index contributed by atoms with van der Waals surface area (Å²) in [5, 5.41) is 3.04. The lowest BCUT2D eigenvalue weighted by Gasteiger charge is -2.53. The lowest BCUT2D eigenvalue weighted by atomic mass is 9.82. The van der Waals surface area contributed by atoms with Gasteiger partial charge in [-0.1, -0.05) is 0 Å². The maximum absolute atomic E-state index is 12.2.